The molecule has 6 aromatic rings. The van der Waals surface area contributed by atoms with Gasteiger partial charge < -0.3 is 61.6 Å². The van der Waals surface area contributed by atoms with Crippen molar-refractivity contribution in [2.45, 2.75) is 276 Å². The minimum Gasteiger partial charge on any atom is -0.490 e. The zero-order chi connectivity index (χ0) is 85.0. The largest absolute Gasteiger partial charge is 0.490 e. The first-order valence-electron chi connectivity index (χ1n) is 38.5. The van der Waals surface area contributed by atoms with Gasteiger partial charge in [0.15, 0.2) is 0 Å². The third-order valence-corrected chi connectivity index (χ3v) is 14.9. The van der Waals surface area contributed by atoms with Crippen molar-refractivity contribution >= 4 is 47.8 Å². The van der Waals surface area contributed by atoms with Gasteiger partial charge in [-0.15, -0.1) is 0 Å². The topological polar surface area (TPSA) is 257 Å². The number of allylic oxidation sites excluding steroid dienone is 5. The molecule has 0 saturated heterocycles. The van der Waals surface area contributed by atoms with Gasteiger partial charge in [-0.05, 0) is 330 Å². The highest BCUT2D eigenvalue weighted by Crippen LogP contribution is 2.32. The Kier molecular flexibility index (Phi) is 31.8. The Morgan fingerprint density at radius 2 is 0.386 bits per heavy atom. The summed E-state index contributed by atoms with van der Waals surface area (Å²) in [6, 6.07) is 29.2. The van der Waals surface area contributed by atoms with Crippen molar-refractivity contribution in [3.05, 3.63) is 218 Å². The monoisotopic (exact) mass is 1570 g/mol. The first-order chi connectivity index (χ1) is 52.7. The minimum absolute atomic E-state index is 0.0292. The summed E-state index contributed by atoms with van der Waals surface area (Å²) in [5.41, 5.74) is -1.96. The van der Waals surface area contributed by atoms with Crippen molar-refractivity contribution in [3.8, 4) is 28.7 Å². The smallest absolute Gasteiger partial charge is 0.338 e. The van der Waals surface area contributed by atoms with E-state index in [4.69, 9.17) is 61.6 Å². The summed E-state index contributed by atoms with van der Waals surface area (Å²) in [4.78, 5) is 107. The van der Waals surface area contributed by atoms with Crippen molar-refractivity contribution in [1.29, 1.82) is 0 Å². The Morgan fingerprint density at radius 3 is 0.596 bits per heavy atom. The molecule has 0 aromatic heterocycles. The van der Waals surface area contributed by atoms with E-state index in [2.05, 4.69) is 24.3 Å². The van der Waals surface area contributed by atoms with E-state index >= 15 is 0 Å². The van der Waals surface area contributed by atoms with E-state index in [-0.39, 0.29) is 101 Å². The summed E-state index contributed by atoms with van der Waals surface area (Å²) in [6.07, 6.45) is 17.1. The number of carbonyl (C=O) groups excluding carboxylic acids is 8. The zero-order valence-corrected chi connectivity index (χ0v) is 71.2. The number of hydrogen-bond acceptors (Lipinski definition) is 21. The van der Waals surface area contributed by atoms with Crippen LogP contribution in [0.3, 0.4) is 0 Å². The number of rotatable bonds is 32. The third kappa shape index (κ3) is 35.1. The van der Waals surface area contributed by atoms with Crippen LogP contribution in [0.1, 0.15) is 309 Å². The molecule has 21 nitrogen and oxygen atoms in total. The average molecular weight is 1570 g/mol. The van der Waals surface area contributed by atoms with E-state index in [1.165, 1.54) is 72.8 Å². The number of ether oxygens (including phenoxy) is 13. The molecular formula is C93H118O21. The van der Waals surface area contributed by atoms with Gasteiger partial charge in [0.1, 0.15) is 107 Å². The Balaban J connectivity index is 1.16. The minimum atomic E-state index is -0.823. The Morgan fingerprint density at radius 1 is 0.211 bits per heavy atom. The summed E-state index contributed by atoms with van der Waals surface area (Å²) in [5.74, 6) is -3.80. The number of aryl methyl sites for hydroxylation is 1. The van der Waals surface area contributed by atoms with Crippen LogP contribution in [0.2, 0.25) is 0 Å². The van der Waals surface area contributed by atoms with Gasteiger partial charge in [-0.2, -0.15) is 0 Å². The number of carbonyl (C=O) groups is 8. The first-order valence-corrected chi connectivity index (χ1v) is 38.5. The summed E-state index contributed by atoms with van der Waals surface area (Å²) in [7, 11) is 0. The highest BCUT2D eigenvalue weighted by atomic mass is 16.6. The molecule has 0 aliphatic carbocycles. The number of esters is 8. The van der Waals surface area contributed by atoms with Crippen molar-refractivity contribution in [2.75, 3.05) is 6.61 Å². The van der Waals surface area contributed by atoms with Gasteiger partial charge in [-0.1, -0.05) is 48.6 Å². The fraction of sp³-hybridized carbons (Fsp3) is 0.462. The molecule has 0 atom stereocenters. The van der Waals surface area contributed by atoms with E-state index < -0.39 is 92.6 Å². The summed E-state index contributed by atoms with van der Waals surface area (Å²) in [5, 5.41) is 0. The maximum absolute atomic E-state index is 13.4. The standard InChI is InChI=1S/C93H118O21/c1-86(2,3)107-78(94)65-44-66(79(95)108-87(4,5)6)49-74(48-65)103-56-61-38-60(39-62(40-61)57-104-75-50-67(80(96)109-88(7,8)9)45-68(51-75)81(97)110-89(10,11)12)36-34-32-30-28-26-25-27-29-31-33-35-37-102-73-42-63(58-105-76-52-69(82(98)111-90(13,14)15)46-70(53-76)83(99)112-91(16,17)18)41-64(43-73)59-106-77-54-71(84(100)113-92(19,20)21)47-72(55-77)85(101)114-93(22,23)24/h25,27,30,32-33,35,38-55H,26,28-29,31,34,36-37,56-59H2,1-24H3. The molecule has 21 heteroatoms. The van der Waals surface area contributed by atoms with Crippen LogP contribution in [0.4, 0.5) is 0 Å². The number of benzene rings is 6. The van der Waals surface area contributed by atoms with Crippen LogP contribution in [-0.2, 0) is 70.7 Å². The SMILES string of the molecule is CC(C)(C)OC(=O)c1cc(OCc2cc(CCC=CCCC=CCCC=CCOc3cc(COc4cc(C(=O)OC(C)(C)C)cc(C(=O)OC(C)(C)C)c4)cc(COc4cc(C(=O)OC(C)(C)C)cc(C(=O)OC(C)(C)C)c4)c3)cc(COc3cc(C(=O)OC(C)(C)C)cc(C(=O)OC(C)(C)C)c3)c2)cc(C(=O)OC(C)(C)C)c1. The molecule has 6 rings (SSSR count). The van der Waals surface area contributed by atoms with Crippen LogP contribution >= 0.6 is 0 Å². The Hall–Kier alpha value is -10.7. The second-order valence-corrected chi connectivity index (χ2v) is 35.7. The highest BCUT2D eigenvalue weighted by Gasteiger charge is 2.30. The van der Waals surface area contributed by atoms with E-state index in [1.807, 2.05) is 48.6 Å². The third-order valence-electron chi connectivity index (χ3n) is 14.9. The molecule has 0 bridgehead atoms. The predicted octanol–water partition coefficient (Wildman–Crippen LogP) is 20.9. The highest BCUT2D eigenvalue weighted by molar-refractivity contribution is 5.99. The second kappa shape index (κ2) is 39.4. The molecule has 0 aliphatic rings. The lowest BCUT2D eigenvalue weighted by Gasteiger charge is -2.21. The summed E-state index contributed by atoms with van der Waals surface area (Å²) >= 11 is 0. The molecule has 0 heterocycles. The molecule has 0 amide bonds. The van der Waals surface area contributed by atoms with Crippen LogP contribution in [0.15, 0.2) is 146 Å². The number of hydrogen-bond donors (Lipinski definition) is 0. The van der Waals surface area contributed by atoms with Crippen molar-refractivity contribution in [2.24, 2.45) is 0 Å². The molecular weight excluding hydrogens is 1450 g/mol. The zero-order valence-electron chi connectivity index (χ0n) is 71.2. The first kappa shape index (κ1) is 92.2. The summed E-state index contributed by atoms with van der Waals surface area (Å²) in [6.45, 7) is 42.2. The lowest BCUT2D eigenvalue weighted by molar-refractivity contribution is 0.00457. The van der Waals surface area contributed by atoms with Gasteiger partial charge in [-0.25, -0.2) is 38.4 Å². The lowest BCUT2D eigenvalue weighted by atomic mass is 10.0. The fourth-order valence-corrected chi connectivity index (χ4v) is 10.6. The molecule has 0 N–H and O–H groups in total. The normalized spacial score (nSPS) is 12.4. The van der Waals surface area contributed by atoms with Gasteiger partial charge in [0.25, 0.3) is 0 Å². The summed E-state index contributed by atoms with van der Waals surface area (Å²) < 4.78 is 77.1. The number of unbranched alkanes of at least 4 members (excludes halogenated alkanes) is 2. The van der Waals surface area contributed by atoms with E-state index in [0.29, 0.717) is 29.7 Å². The van der Waals surface area contributed by atoms with E-state index in [1.54, 1.807) is 166 Å². The molecule has 0 spiro atoms. The van der Waals surface area contributed by atoms with Gasteiger partial charge in [0.2, 0.25) is 0 Å². The van der Waals surface area contributed by atoms with Gasteiger partial charge in [-0.3, -0.25) is 0 Å². The molecule has 616 valence electrons. The van der Waals surface area contributed by atoms with Crippen molar-refractivity contribution in [1.82, 2.24) is 0 Å². The maximum Gasteiger partial charge on any atom is 0.338 e. The molecule has 6 aromatic carbocycles. The lowest BCUT2D eigenvalue weighted by Crippen LogP contribution is -2.25. The molecule has 0 unspecified atom stereocenters. The Labute approximate surface area is 673 Å². The van der Waals surface area contributed by atoms with Crippen LogP contribution < -0.4 is 23.7 Å². The Bertz CT molecular complexity index is 3750. The van der Waals surface area contributed by atoms with Gasteiger partial charge in [0, 0.05) is 0 Å². The second-order valence-electron chi connectivity index (χ2n) is 35.7. The van der Waals surface area contributed by atoms with Crippen molar-refractivity contribution < 1.29 is 99.9 Å². The van der Waals surface area contributed by atoms with Crippen LogP contribution in [0.25, 0.3) is 0 Å². The quantitative estimate of drug-likeness (QED) is 0.0164. The van der Waals surface area contributed by atoms with Crippen LogP contribution in [-0.4, -0.2) is 99.2 Å². The molecule has 0 saturated carbocycles. The van der Waals surface area contributed by atoms with Gasteiger partial charge in [0.05, 0.1) is 44.5 Å². The average Bonchev–Trinajstić information content (AvgIpc) is 0.833. The molecule has 114 heavy (non-hydrogen) atoms. The maximum atomic E-state index is 13.4. The molecule has 0 fully saturated rings. The molecule has 0 radical (unpaired) electrons. The van der Waals surface area contributed by atoms with E-state index in [0.717, 1.165) is 42.4 Å². The van der Waals surface area contributed by atoms with Crippen LogP contribution in [0, 0.1) is 0 Å². The van der Waals surface area contributed by atoms with Crippen LogP contribution in [0.5, 0.6) is 28.7 Å². The predicted molar refractivity (Wildman–Crippen MR) is 437 cm³/mol. The van der Waals surface area contributed by atoms with Gasteiger partial charge >= 0.3 is 47.8 Å². The van der Waals surface area contributed by atoms with Crippen molar-refractivity contribution in [3.63, 3.8) is 0 Å². The van der Waals surface area contributed by atoms with E-state index in [9.17, 15) is 38.4 Å². The molecule has 0 aliphatic heterocycles. The fourth-order valence-electron chi connectivity index (χ4n) is 10.6.